The Morgan fingerprint density at radius 3 is 2.47 bits per heavy atom. The number of hydrogen-bond acceptors (Lipinski definition) is 4. The summed E-state index contributed by atoms with van der Waals surface area (Å²) in [4.78, 5) is 4.31. The molecule has 0 bridgehead atoms. The molecule has 7 heteroatoms. The molecule has 19 heavy (non-hydrogen) atoms. The summed E-state index contributed by atoms with van der Waals surface area (Å²) in [5.74, 6) is 0. The van der Waals surface area contributed by atoms with Crippen LogP contribution in [0.15, 0.2) is 17.2 Å². The lowest BCUT2D eigenvalue weighted by Crippen LogP contribution is -2.18. The van der Waals surface area contributed by atoms with E-state index in [1.165, 1.54) is 4.52 Å². The summed E-state index contributed by atoms with van der Waals surface area (Å²) in [5.41, 5.74) is 1.85. The third-order valence-electron chi connectivity index (χ3n) is 2.82. The second-order valence-electron chi connectivity index (χ2n) is 4.50. The van der Waals surface area contributed by atoms with Gasteiger partial charge in [-0.1, -0.05) is 26.7 Å². The van der Waals surface area contributed by atoms with Crippen LogP contribution in [0.3, 0.4) is 0 Å². The smallest absolute Gasteiger partial charge is 0.231 e. The van der Waals surface area contributed by atoms with E-state index in [0.717, 1.165) is 25.0 Å². The van der Waals surface area contributed by atoms with E-state index >= 15 is 0 Å². The summed E-state index contributed by atoms with van der Waals surface area (Å²) in [6.07, 6.45) is 3.10. The predicted molar refractivity (Wildman–Crippen MR) is 72.4 cm³/mol. The van der Waals surface area contributed by atoms with Crippen molar-refractivity contribution in [1.29, 1.82) is 0 Å². The molecule has 0 radical (unpaired) electrons. The lowest BCUT2D eigenvalue weighted by atomic mass is 10.2. The van der Waals surface area contributed by atoms with Crippen molar-refractivity contribution in [2.75, 3.05) is 0 Å². The minimum atomic E-state index is -3.83. The Bertz CT molecular complexity index is 691. The van der Waals surface area contributed by atoms with Crippen molar-refractivity contribution in [3.8, 4) is 0 Å². The first kappa shape index (κ1) is 14.0. The molecule has 0 atom stereocenters. The Hall–Kier alpha value is -1.47. The highest BCUT2D eigenvalue weighted by molar-refractivity contribution is 7.89. The summed E-state index contributed by atoms with van der Waals surface area (Å²) in [7, 11) is -3.83. The number of aryl methyl sites for hydroxylation is 2. The molecule has 0 saturated heterocycles. The Balaban J connectivity index is 2.70. The SMILES string of the molecule is CCCc1ccc2nc(CCC)c(S(N)(=O)=O)n2n1. The van der Waals surface area contributed by atoms with Crippen molar-refractivity contribution in [3.05, 3.63) is 23.5 Å². The number of primary sulfonamides is 1. The van der Waals surface area contributed by atoms with Crippen molar-refractivity contribution in [3.63, 3.8) is 0 Å². The lowest BCUT2D eigenvalue weighted by Gasteiger charge is -2.02. The fraction of sp³-hybridized carbons (Fsp3) is 0.500. The van der Waals surface area contributed by atoms with Crippen LogP contribution >= 0.6 is 0 Å². The van der Waals surface area contributed by atoms with E-state index in [1.54, 1.807) is 6.07 Å². The molecule has 0 unspecified atom stereocenters. The van der Waals surface area contributed by atoms with E-state index < -0.39 is 10.0 Å². The molecule has 2 N–H and O–H groups in total. The zero-order chi connectivity index (χ0) is 14.0. The zero-order valence-corrected chi connectivity index (χ0v) is 11.9. The highest BCUT2D eigenvalue weighted by Gasteiger charge is 2.22. The van der Waals surface area contributed by atoms with Crippen LogP contribution in [-0.4, -0.2) is 23.0 Å². The number of nitrogens with zero attached hydrogens (tertiary/aromatic N) is 3. The van der Waals surface area contributed by atoms with Gasteiger partial charge in [-0.25, -0.2) is 23.1 Å². The fourth-order valence-electron chi connectivity index (χ4n) is 2.07. The third-order valence-corrected chi connectivity index (χ3v) is 3.77. The molecule has 2 rings (SSSR count). The topological polar surface area (TPSA) is 90.3 Å². The van der Waals surface area contributed by atoms with Crippen molar-refractivity contribution < 1.29 is 8.42 Å². The molecule has 2 aromatic rings. The van der Waals surface area contributed by atoms with E-state index in [2.05, 4.69) is 10.1 Å². The van der Waals surface area contributed by atoms with Gasteiger partial charge in [-0.05, 0) is 25.0 Å². The fourth-order valence-corrected chi connectivity index (χ4v) is 2.92. The van der Waals surface area contributed by atoms with E-state index in [9.17, 15) is 8.42 Å². The molecule has 0 fully saturated rings. The van der Waals surface area contributed by atoms with Crippen LogP contribution in [0, 0.1) is 0 Å². The highest BCUT2D eigenvalue weighted by Crippen LogP contribution is 2.18. The maximum atomic E-state index is 11.7. The molecule has 0 aromatic carbocycles. The van der Waals surface area contributed by atoms with Crippen molar-refractivity contribution in [1.82, 2.24) is 14.6 Å². The van der Waals surface area contributed by atoms with Crippen LogP contribution in [-0.2, 0) is 22.9 Å². The first-order valence-corrected chi connectivity index (χ1v) is 7.92. The number of fused-ring (bicyclic) bond motifs is 1. The molecule has 0 aliphatic rings. The Kier molecular flexibility index (Phi) is 3.86. The number of imidazole rings is 1. The second-order valence-corrected chi connectivity index (χ2v) is 5.98. The number of aromatic nitrogens is 3. The Morgan fingerprint density at radius 1 is 1.21 bits per heavy atom. The molecule has 0 spiro atoms. The summed E-state index contributed by atoms with van der Waals surface area (Å²) >= 11 is 0. The number of nitrogens with two attached hydrogens (primary N) is 1. The first-order chi connectivity index (χ1) is 8.97. The monoisotopic (exact) mass is 282 g/mol. The lowest BCUT2D eigenvalue weighted by molar-refractivity contribution is 0.586. The average Bonchev–Trinajstić information content (AvgIpc) is 2.67. The van der Waals surface area contributed by atoms with Gasteiger partial charge in [0.15, 0.2) is 10.7 Å². The van der Waals surface area contributed by atoms with Crippen molar-refractivity contribution >= 4 is 15.7 Å². The molecule has 0 aliphatic heterocycles. The minimum Gasteiger partial charge on any atom is -0.231 e. The summed E-state index contributed by atoms with van der Waals surface area (Å²) in [6.45, 7) is 4.01. The molecular formula is C12H18N4O2S. The Labute approximate surface area is 112 Å². The van der Waals surface area contributed by atoms with Gasteiger partial charge in [0.1, 0.15) is 0 Å². The maximum absolute atomic E-state index is 11.7. The number of rotatable bonds is 5. The second kappa shape index (κ2) is 5.26. The van der Waals surface area contributed by atoms with Gasteiger partial charge in [0.05, 0.1) is 11.4 Å². The molecule has 0 amide bonds. The first-order valence-electron chi connectivity index (χ1n) is 6.37. The van der Waals surface area contributed by atoms with Gasteiger partial charge in [0, 0.05) is 0 Å². The summed E-state index contributed by atoms with van der Waals surface area (Å²) in [6, 6.07) is 3.65. The largest absolute Gasteiger partial charge is 0.257 e. The third kappa shape index (κ3) is 2.76. The molecule has 6 nitrogen and oxygen atoms in total. The summed E-state index contributed by atoms with van der Waals surface area (Å²) in [5, 5.41) is 9.64. The minimum absolute atomic E-state index is 0.0160. The van der Waals surface area contributed by atoms with Gasteiger partial charge in [-0.2, -0.15) is 5.10 Å². The van der Waals surface area contributed by atoms with Gasteiger partial charge in [0.25, 0.3) is 10.0 Å². The van der Waals surface area contributed by atoms with Crippen LogP contribution in [0.1, 0.15) is 38.1 Å². The number of sulfonamides is 1. The summed E-state index contributed by atoms with van der Waals surface area (Å²) < 4.78 is 24.9. The molecule has 2 heterocycles. The van der Waals surface area contributed by atoms with E-state index in [-0.39, 0.29) is 5.03 Å². The molecule has 2 aromatic heterocycles. The van der Waals surface area contributed by atoms with Gasteiger partial charge < -0.3 is 0 Å². The van der Waals surface area contributed by atoms with Crippen LogP contribution in [0.25, 0.3) is 5.65 Å². The van der Waals surface area contributed by atoms with Gasteiger partial charge in [-0.3, -0.25) is 0 Å². The standard InChI is InChI=1S/C12H18N4O2S/c1-3-5-9-7-8-11-14-10(6-4-2)12(16(11)15-9)19(13,17)18/h7-8H,3-6H2,1-2H3,(H2,13,17,18). The van der Waals surface area contributed by atoms with Gasteiger partial charge in [0.2, 0.25) is 0 Å². The van der Waals surface area contributed by atoms with Crippen molar-refractivity contribution in [2.45, 2.75) is 44.6 Å². The molecule has 104 valence electrons. The van der Waals surface area contributed by atoms with Crippen LogP contribution in [0.2, 0.25) is 0 Å². The van der Waals surface area contributed by atoms with Crippen LogP contribution in [0.4, 0.5) is 0 Å². The van der Waals surface area contributed by atoms with E-state index in [4.69, 9.17) is 5.14 Å². The van der Waals surface area contributed by atoms with E-state index in [0.29, 0.717) is 17.8 Å². The van der Waals surface area contributed by atoms with E-state index in [1.807, 2.05) is 19.9 Å². The highest BCUT2D eigenvalue weighted by atomic mass is 32.2. The maximum Gasteiger partial charge on any atom is 0.257 e. The van der Waals surface area contributed by atoms with Crippen LogP contribution < -0.4 is 5.14 Å². The van der Waals surface area contributed by atoms with Crippen molar-refractivity contribution in [2.24, 2.45) is 5.14 Å². The zero-order valence-electron chi connectivity index (χ0n) is 11.1. The Morgan fingerprint density at radius 2 is 1.89 bits per heavy atom. The van der Waals surface area contributed by atoms with Crippen LogP contribution in [0.5, 0.6) is 0 Å². The predicted octanol–water partition coefficient (Wildman–Crippen LogP) is 1.28. The molecule has 0 aliphatic carbocycles. The molecule has 0 saturated carbocycles. The number of hydrogen-bond donors (Lipinski definition) is 1. The van der Waals surface area contributed by atoms with Gasteiger partial charge >= 0.3 is 0 Å². The average molecular weight is 282 g/mol. The molecular weight excluding hydrogens is 264 g/mol. The normalized spacial score (nSPS) is 12.2. The van der Waals surface area contributed by atoms with Gasteiger partial charge in [-0.15, -0.1) is 0 Å². The quantitative estimate of drug-likeness (QED) is 0.894.